The largest absolute Gasteiger partial charge is 0.309 e. The van der Waals surface area contributed by atoms with Crippen molar-refractivity contribution in [1.29, 1.82) is 0 Å². The molecule has 2 heteroatoms. The van der Waals surface area contributed by atoms with Gasteiger partial charge in [-0.15, -0.1) is 0 Å². The highest BCUT2D eigenvalue weighted by Gasteiger charge is 2.30. The average Bonchev–Trinajstić information content (AvgIpc) is 3.04. The van der Waals surface area contributed by atoms with Crippen LogP contribution in [0.5, 0.6) is 0 Å². The van der Waals surface area contributed by atoms with Crippen molar-refractivity contribution < 1.29 is 0 Å². The molecule has 4 rings (SSSR count). The third kappa shape index (κ3) is 2.22. The van der Waals surface area contributed by atoms with Crippen LogP contribution in [0, 0.1) is 0 Å². The van der Waals surface area contributed by atoms with Crippen LogP contribution in [0.3, 0.4) is 0 Å². The molecule has 0 bridgehead atoms. The molecular weight excluding hydrogens is 256 g/mol. The fourth-order valence-electron chi connectivity index (χ4n) is 3.48. The predicted octanol–water partition coefficient (Wildman–Crippen LogP) is 4.05. The minimum absolute atomic E-state index is 0.388. The summed E-state index contributed by atoms with van der Waals surface area (Å²) in [4.78, 5) is 4.63. The van der Waals surface area contributed by atoms with Crippen LogP contribution in [0.15, 0.2) is 66.9 Å². The van der Waals surface area contributed by atoms with Crippen LogP contribution in [0.1, 0.15) is 29.5 Å². The lowest BCUT2D eigenvalue weighted by atomic mass is 9.86. The second-order valence-electron chi connectivity index (χ2n) is 5.66. The summed E-state index contributed by atoms with van der Waals surface area (Å²) in [6.07, 6.45) is 3.06. The Morgan fingerprint density at radius 3 is 2.67 bits per heavy atom. The standard InChI is InChI=1S/C19H18N2/c1-2-6-14(7-3-1)19-17(11-13-21-19)16-10-4-8-15-9-5-12-20-18(15)16/h1-10,12,17,19,21H,11,13H2. The minimum atomic E-state index is 0.388. The summed E-state index contributed by atoms with van der Waals surface area (Å²) >= 11 is 0. The summed E-state index contributed by atoms with van der Waals surface area (Å²) in [6.45, 7) is 1.06. The molecule has 1 saturated heterocycles. The fraction of sp³-hybridized carbons (Fsp3) is 0.211. The van der Waals surface area contributed by atoms with Gasteiger partial charge in [0.05, 0.1) is 5.52 Å². The van der Waals surface area contributed by atoms with E-state index >= 15 is 0 Å². The number of benzene rings is 2. The maximum Gasteiger partial charge on any atom is 0.0737 e. The summed E-state index contributed by atoms with van der Waals surface area (Å²) in [5, 5.41) is 4.89. The van der Waals surface area contributed by atoms with E-state index in [2.05, 4.69) is 64.9 Å². The van der Waals surface area contributed by atoms with Crippen molar-refractivity contribution >= 4 is 10.9 Å². The highest BCUT2D eigenvalue weighted by atomic mass is 15.0. The smallest absolute Gasteiger partial charge is 0.0737 e. The number of fused-ring (bicyclic) bond motifs is 1. The summed E-state index contributed by atoms with van der Waals surface area (Å²) in [5.41, 5.74) is 3.88. The quantitative estimate of drug-likeness (QED) is 0.762. The molecule has 2 unspecified atom stereocenters. The number of nitrogens with zero attached hydrogens (tertiary/aromatic N) is 1. The molecule has 2 heterocycles. The van der Waals surface area contributed by atoms with E-state index in [1.165, 1.54) is 16.5 Å². The predicted molar refractivity (Wildman–Crippen MR) is 86.3 cm³/mol. The lowest BCUT2D eigenvalue weighted by Gasteiger charge is -2.21. The Morgan fingerprint density at radius 1 is 0.905 bits per heavy atom. The molecule has 1 aliphatic heterocycles. The second-order valence-corrected chi connectivity index (χ2v) is 5.66. The Morgan fingerprint density at radius 2 is 1.76 bits per heavy atom. The third-order valence-electron chi connectivity index (χ3n) is 4.44. The number of para-hydroxylation sites is 1. The Labute approximate surface area is 124 Å². The molecule has 21 heavy (non-hydrogen) atoms. The Hall–Kier alpha value is -2.19. The van der Waals surface area contributed by atoms with Gasteiger partial charge in [0.2, 0.25) is 0 Å². The van der Waals surface area contributed by atoms with E-state index in [1.54, 1.807) is 0 Å². The van der Waals surface area contributed by atoms with E-state index in [0.29, 0.717) is 12.0 Å². The Kier molecular flexibility index (Phi) is 3.17. The van der Waals surface area contributed by atoms with Gasteiger partial charge in [-0.1, -0.05) is 54.6 Å². The highest BCUT2D eigenvalue weighted by Crippen LogP contribution is 2.39. The molecule has 2 atom stereocenters. The van der Waals surface area contributed by atoms with E-state index in [0.717, 1.165) is 18.5 Å². The zero-order valence-corrected chi connectivity index (χ0v) is 11.9. The lowest BCUT2D eigenvalue weighted by molar-refractivity contribution is 0.580. The van der Waals surface area contributed by atoms with Crippen molar-refractivity contribution in [3.63, 3.8) is 0 Å². The topological polar surface area (TPSA) is 24.9 Å². The van der Waals surface area contributed by atoms with Gasteiger partial charge >= 0.3 is 0 Å². The molecular formula is C19H18N2. The van der Waals surface area contributed by atoms with Crippen LogP contribution < -0.4 is 5.32 Å². The number of hydrogen-bond acceptors (Lipinski definition) is 2. The van der Waals surface area contributed by atoms with E-state index in [1.807, 2.05) is 12.3 Å². The molecule has 1 aromatic heterocycles. The summed E-state index contributed by atoms with van der Waals surface area (Å²) < 4.78 is 0. The van der Waals surface area contributed by atoms with Gasteiger partial charge in [-0.25, -0.2) is 0 Å². The van der Waals surface area contributed by atoms with E-state index < -0.39 is 0 Å². The van der Waals surface area contributed by atoms with Gasteiger partial charge in [0, 0.05) is 23.5 Å². The molecule has 0 saturated carbocycles. The van der Waals surface area contributed by atoms with E-state index in [9.17, 15) is 0 Å². The number of nitrogens with one attached hydrogen (secondary N) is 1. The number of pyridine rings is 1. The molecule has 0 spiro atoms. The van der Waals surface area contributed by atoms with Crippen molar-refractivity contribution in [3.8, 4) is 0 Å². The molecule has 104 valence electrons. The molecule has 0 amide bonds. The van der Waals surface area contributed by atoms with Crippen molar-refractivity contribution in [2.75, 3.05) is 6.54 Å². The first kappa shape index (κ1) is 12.5. The average molecular weight is 274 g/mol. The summed E-state index contributed by atoms with van der Waals surface area (Å²) in [6, 6.07) is 21.8. The van der Waals surface area contributed by atoms with Gasteiger partial charge in [0.1, 0.15) is 0 Å². The first-order chi connectivity index (χ1) is 10.4. The summed E-state index contributed by atoms with van der Waals surface area (Å²) in [5.74, 6) is 0.492. The number of hydrogen-bond donors (Lipinski definition) is 1. The maximum atomic E-state index is 4.63. The molecule has 1 fully saturated rings. The number of rotatable bonds is 2. The Balaban J connectivity index is 1.81. The van der Waals surface area contributed by atoms with Crippen molar-refractivity contribution in [3.05, 3.63) is 78.0 Å². The summed E-state index contributed by atoms with van der Waals surface area (Å²) in [7, 11) is 0. The minimum Gasteiger partial charge on any atom is -0.309 e. The van der Waals surface area contributed by atoms with Gasteiger partial charge < -0.3 is 5.32 Å². The van der Waals surface area contributed by atoms with Crippen LogP contribution in [0.4, 0.5) is 0 Å². The van der Waals surface area contributed by atoms with Crippen LogP contribution in [0.2, 0.25) is 0 Å². The van der Waals surface area contributed by atoms with Crippen molar-refractivity contribution in [1.82, 2.24) is 10.3 Å². The lowest BCUT2D eigenvalue weighted by Crippen LogP contribution is -2.17. The van der Waals surface area contributed by atoms with Gasteiger partial charge in [-0.2, -0.15) is 0 Å². The van der Waals surface area contributed by atoms with Crippen molar-refractivity contribution in [2.24, 2.45) is 0 Å². The Bertz CT molecular complexity index is 746. The van der Waals surface area contributed by atoms with Crippen LogP contribution in [0.25, 0.3) is 10.9 Å². The highest BCUT2D eigenvalue weighted by molar-refractivity contribution is 5.82. The van der Waals surface area contributed by atoms with E-state index in [-0.39, 0.29) is 0 Å². The fourth-order valence-corrected chi connectivity index (χ4v) is 3.48. The normalized spacial score (nSPS) is 21.7. The molecule has 3 aromatic rings. The first-order valence-electron chi connectivity index (χ1n) is 7.55. The van der Waals surface area contributed by atoms with Crippen LogP contribution in [-0.4, -0.2) is 11.5 Å². The zero-order valence-electron chi connectivity index (χ0n) is 11.9. The van der Waals surface area contributed by atoms with Gasteiger partial charge in [-0.3, -0.25) is 4.98 Å². The molecule has 2 aromatic carbocycles. The maximum absolute atomic E-state index is 4.63. The van der Waals surface area contributed by atoms with Crippen molar-refractivity contribution in [2.45, 2.75) is 18.4 Å². The van der Waals surface area contributed by atoms with E-state index in [4.69, 9.17) is 0 Å². The second kappa shape index (κ2) is 5.30. The molecule has 1 aliphatic rings. The van der Waals surface area contributed by atoms with Gasteiger partial charge in [-0.05, 0) is 30.2 Å². The molecule has 1 N–H and O–H groups in total. The van der Waals surface area contributed by atoms with Crippen LogP contribution in [-0.2, 0) is 0 Å². The molecule has 0 aliphatic carbocycles. The molecule has 0 radical (unpaired) electrons. The monoisotopic (exact) mass is 274 g/mol. The SMILES string of the molecule is c1ccc(C2NCCC2c2cccc3cccnc23)cc1. The van der Waals surface area contributed by atoms with Crippen LogP contribution >= 0.6 is 0 Å². The third-order valence-corrected chi connectivity index (χ3v) is 4.44. The van der Waals surface area contributed by atoms with Gasteiger partial charge in [0.25, 0.3) is 0 Å². The first-order valence-corrected chi connectivity index (χ1v) is 7.55. The zero-order chi connectivity index (χ0) is 14.1. The number of aromatic nitrogens is 1. The molecule has 2 nitrogen and oxygen atoms in total. The van der Waals surface area contributed by atoms with Gasteiger partial charge in [0.15, 0.2) is 0 Å².